The summed E-state index contributed by atoms with van der Waals surface area (Å²) < 4.78 is 33.4. The third-order valence-corrected chi connectivity index (χ3v) is 6.27. The maximum Gasteiger partial charge on any atom is 0.229 e. The van der Waals surface area contributed by atoms with Gasteiger partial charge in [-0.3, -0.25) is 0 Å². The van der Waals surface area contributed by atoms with E-state index < -0.39 is 49.5 Å². The summed E-state index contributed by atoms with van der Waals surface area (Å²) in [6.07, 6.45) is -5.89. The van der Waals surface area contributed by atoms with Crippen LogP contribution in [-0.4, -0.2) is 102 Å². The Morgan fingerprint density at radius 3 is 2.08 bits per heavy atom. The Morgan fingerprint density at radius 1 is 0.872 bits per heavy atom. The van der Waals surface area contributed by atoms with Crippen molar-refractivity contribution in [3.63, 3.8) is 0 Å². The van der Waals surface area contributed by atoms with Gasteiger partial charge in [-0.2, -0.15) is 0 Å². The van der Waals surface area contributed by atoms with Gasteiger partial charge in [0.25, 0.3) is 0 Å². The average molecular weight is 553 g/mol. The minimum Gasteiger partial charge on any atom is -0.493 e. The van der Waals surface area contributed by atoms with E-state index in [1.165, 1.54) is 33.5 Å². The highest BCUT2D eigenvalue weighted by Gasteiger charge is 2.45. The minimum absolute atomic E-state index is 0.123. The Hall–Kier alpha value is -3.10. The summed E-state index contributed by atoms with van der Waals surface area (Å²) in [5.41, 5.74) is 1.14. The second-order valence-electron chi connectivity index (χ2n) is 8.83. The second-order valence-corrected chi connectivity index (χ2v) is 8.83. The van der Waals surface area contributed by atoms with Gasteiger partial charge in [-0.15, -0.1) is 0 Å². The molecule has 3 rings (SSSR count). The van der Waals surface area contributed by atoms with Crippen LogP contribution >= 0.6 is 0 Å². The fourth-order valence-corrected chi connectivity index (χ4v) is 4.08. The molecule has 2 aromatic rings. The van der Waals surface area contributed by atoms with Crippen LogP contribution in [0.25, 0.3) is 6.08 Å². The molecule has 7 atom stereocenters. The largest absolute Gasteiger partial charge is 0.493 e. The number of benzene rings is 2. The van der Waals surface area contributed by atoms with Crippen molar-refractivity contribution in [1.29, 1.82) is 0 Å². The Labute approximate surface area is 226 Å². The Morgan fingerprint density at radius 2 is 1.51 bits per heavy atom. The van der Waals surface area contributed by atoms with E-state index in [9.17, 15) is 25.5 Å². The van der Waals surface area contributed by atoms with Gasteiger partial charge in [0.05, 0.1) is 34.5 Å². The van der Waals surface area contributed by atoms with Crippen LogP contribution in [0.3, 0.4) is 0 Å². The number of methoxy groups -OCH3 is 3. The molecule has 216 valence electrons. The van der Waals surface area contributed by atoms with E-state index in [1.54, 1.807) is 37.3 Å². The molecular formula is C27H36O12. The van der Waals surface area contributed by atoms with Crippen LogP contribution in [0.2, 0.25) is 0 Å². The quantitative estimate of drug-likeness (QED) is 0.214. The third-order valence-electron chi connectivity index (χ3n) is 6.27. The number of hydrogen-bond donors (Lipinski definition) is 6. The fraction of sp³-hybridized carbons (Fsp3) is 0.481. The van der Waals surface area contributed by atoms with Gasteiger partial charge in [0.1, 0.15) is 36.6 Å². The van der Waals surface area contributed by atoms with Crippen LogP contribution < -0.4 is 23.7 Å². The first-order valence-electron chi connectivity index (χ1n) is 12.2. The molecule has 1 fully saturated rings. The monoisotopic (exact) mass is 552 g/mol. The van der Waals surface area contributed by atoms with Gasteiger partial charge in [0.15, 0.2) is 23.0 Å². The normalized spacial score (nSPS) is 24.7. The molecule has 1 heterocycles. The lowest BCUT2D eigenvalue weighted by Gasteiger charge is -2.39. The molecule has 0 saturated carbocycles. The highest BCUT2D eigenvalue weighted by Crippen LogP contribution is 2.41. The maximum atomic E-state index is 11.1. The molecule has 0 unspecified atom stereocenters. The standard InChI is InChI=1S/C27H36O12/c1-14(37-26-19(35-3)10-15(6-5-9-28)11-20(26)36-4)22(30)16-7-8-17(18(12-16)34-2)38-27-25(33)24(32)23(31)21(13-29)39-27/h5-8,10-12,14,21-25,27-33H,9,13H2,1-4H3/t14-,21-,22+,23-,24+,25-,27-/m1/s1. The zero-order chi connectivity index (χ0) is 28.7. The molecule has 12 nitrogen and oxygen atoms in total. The summed E-state index contributed by atoms with van der Waals surface area (Å²) in [5.74, 6) is 1.33. The molecule has 12 heteroatoms. The van der Waals surface area contributed by atoms with E-state index in [4.69, 9.17) is 33.5 Å². The van der Waals surface area contributed by atoms with E-state index in [2.05, 4.69) is 0 Å². The number of hydrogen-bond acceptors (Lipinski definition) is 12. The summed E-state index contributed by atoms with van der Waals surface area (Å²) in [7, 11) is 4.33. The first-order chi connectivity index (χ1) is 18.7. The van der Waals surface area contributed by atoms with Crippen LogP contribution in [0.5, 0.6) is 28.7 Å². The smallest absolute Gasteiger partial charge is 0.229 e. The lowest BCUT2D eigenvalue weighted by atomic mass is 9.99. The predicted molar refractivity (Wildman–Crippen MR) is 138 cm³/mol. The van der Waals surface area contributed by atoms with Crippen molar-refractivity contribution >= 4 is 6.08 Å². The molecule has 6 N–H and O–H groups in total. The van der Waals surface area contributed by atoms with Gasteiger partial charge in [0.2, 0.25) is 12.0 Å². The molecule has 0 aliphatic carbocycles. The van der Waals surface area contributed by atoms with Crippen molar-refractivity contribution in [2.45, 2.75) is 49.8 Å². The molecule has 39 heavy (non-hydrogen) atoms. The van der Waals surface area contributed by atoms with Crippen LogP contribution in [0.15, 0.2) is 36.4 Å². The number of aliphatic hydroxyl groups is 6. The summed E-state index contributed by atoms with van der Waals surface area (Å²) in [6.45, 7) is 0.943. The molecule has 0 bridgehead atoms. The van der Waals surface area contributed by atoms with Gasteiger partial charge in [-0.25, -0.2) is 0 Å². The summed E-state index contributed by atoms with van der Waals surface area (Å²) >= 11 is 0. The highest BCUT2D eigenvalue weighted by atomic mass is 16.7. The van der Waals surface area contributed by atoms with Crippen molar-refractivity contribution in [2.75, 3.05) is 34.5 Å². The molecule has 1 aliphatic rings. The first kappa shape index (κ1) is 30.4. The summed E-state index contributed by atoms with van der Waals surface area (Å²) in [4.78, 5) is 0. The van der Waals surface area contributed by atoms with Crippen molar-refractivity contribution in [3.8, 4) is 28.7 Å². The summed E-state index contributed by atoms with van der Waals surface area (Å²) in [5, 5.41) is 59.8. The fourth-order valence-electron chi connectivity index (χ4n) is 4.08. The Kier molecular flexibility index (Phi) is 10.8. The SMILES string of the molecule is COc1cc([C@@H](O)[C@@H](C)Oc2c(OC)cc(C=CCO)cc2OC)ccc1O[C@@H]1O[C@H](CO)[C@@H](O)[C@H](O)[C@H]1O. The Balaban J connectivity index is 1.80. The average Bonchev–Trinajstić information content (AvgIpc) is 2.96. The van der Waals surface area contributed by atoms with Crippen molar-refractivity contribution in [1.82, 2.24) is 0 Å². The van der Waals surface area contributed by atoms with Crippen molar-refractivity contribution in [3.05, 3.63) is 47.5 Å². The van der Waals surface area contributed by atoms with E-state index in [-0.39, 0.29) is 23.9 Å². The molecule has 1 aliphatic heterocycles. The van der Waals surface area contributed by atoms with Crippen LogP contribution in [-0.2, 0) is 4.74 Å². The first-order valence-corrected chi connectivity index (χ1v) is 12.2. The zero-order valence-electron chi connectivity index (χ0n) is 22.1. The number of rotatable bonds is 12. The van der Waals surface area contributed by atoms with Crippen molar-refractivity contribution < 1.29 is 59.1 Å². The maximum absolute atomic E-state index is 11.1. The Bertz CT molecular complexity index is 1080. The molecule has 0 radical (unpaired) electrons. The van der Waals surface area contributed by atoms with E-state index >= 15 is 0 Å². The minimum atomic E-state index is -1.60. The van der Waals surface area contributed by atoms with Gasteiger partial charge in [-0.05, 0) is 42.3 Å². The molecule has 2 aromatic carbocycles. The molecule has 0 amide bonds. The third kappa shape index (κ3) is 6.92. The van der Waals surface area contributed by atoms with Crippen LogP contribution in [0.4, 0.5) is 0 Å². The zero-order valence-corrected chi connectivity index (χ0v) is 22.1. The topological polar surface area (TPSA) is 177 Å². The molecule has 0 spiro atoms. The lowest BCUT2D eigenvalue weighted by Crippen LogP contribution is -2.60. The van der Waals surface area contributed by atoms with Gasteiger partial charge in [-0.1, -0.05) is 18.2 Å². The molecule has 1 saturated heterocycles. The second kappa shape index (κ2) is 13.8. The van der Waals surface area contributed by atoms with E-state index in [1.807, 2.05) is 0 Å². The molecule has 0 aromatic heterocycles. The number of ether oxygens (including phenoxy) is 6. The van der Waals surface area contributed by atoms with Crippen molar-refractivity contribution in [2.24, 2.45) is 0 Å². The molecular weight excluding hydrogens is 516 g/mol. The van der Waals surface area contributed by atoms with Crippen LogP contribution in [0.1, 0.15) is 24.2 Å². The predicted octanol–water partition coefficient (Wildman–Crippen LogP) is 0.397. The van der Waals surface area contributed by atoms with Gasteiger partial charge < -0.3 is 59.1 Å². The van der Waals surface area contributed by atoms with Gasteiger partial charge in [0, 0.05) is 0 Å². The lowest BCUT2D eigenvalue weighted by molar-refractivity contribution is -0.277. The summed E-state index contributed by atoms with van der Waals surface area (Å²) in [6, 6.07) is 7.97. The van der Waals surface area contributed by atoms with Crippen LogP contribution in [0, 0.1) is 0 Å². The van der Waals surface area contributed by atoms with E-state index in [0.29, 0.717) is 17.1 Å². The van der Waals surface area contributed by atoms with E-state index in [0.717, 1.165) is 5.56 Å². The number of aliphatic hydroxyl groups excluding tert-OH is 6. The highest BCUT2D eigenvalue weighted by molar-refractivity contribution is 5.62. The van der Waals surface area contributed by atoms with Gasteiger partial charge >= 0.3 is 0 Å².